The zero-order valence-electron chi connectivity index (χ0n) is 18.1. The molecule has 0 aliphatic carbocycles. The Kier molecular flexibility index (Phi) is 8.53. The molecule has 1 aromatic rings. The molecule has 2 aliphatic rings. The number of hydrogen-bond acceptors (Lipinski definition) is 4. The number of rotatable bonds is 7. The van der Waals surface area contributed by atoms with Gasteiger partial charge in [0.2, 0.25) is 10.0 Å². The first-order chi connectivity index (χ1) is 14.5. The van der Waals surface area contributed by atoms with Crippen LogP contribution >= 0.6 is 0 Å². The third kappa shape index (κ3) is 6.43. The number of carbonyl (C=O) groups excluding carboxylic acids is 1. The molecule has 2 aliphatic heterocycles. The maximum Gasteiger partial charge on any atom is 0.319 e. The van der Waals surface area contributed by atoms with Crippen molar-refractivity contribution in [3.63, 3.8) is 0 Å². The van der Waals surface area contributed by atoms with Gasteiger partial charge in [0.1, 0.15) is 0 Å². The number of nitrogens with one attached hydrogen (secondary N) is 2. The Balaban J connectivity index is 1.51. The van der Waals surface area contributed by atoms with Gasteiger partial charge in [-0.3, -0.25) is 0 Å². The highest BCUT2D eigenvalue weighted by Gasteiger charge is 2.25. The van der Waals surface area contributed by atoms with Gasteiger partial charge in [0.15, 0.2) is 0 Å². The number of urea groups is 1. The number of sulfonamides is 1. The molecule has 2 amide bonds. The molecule has 0 spiro atoms. The first-order valence-corrected chi connectivity index (χ1v) is 12.8. The smallest absolute Gasteiger partial charge is 0.319 e. The van der Waals surface area contributed by atoms with Gasteiger partial charge < -0.3 is 15.5 Å². The van der Waals surface area contributed by atoms with Crippen molar-refractivity contribution in [2.24, 2.45) is 5.92 Å². The van der Waals surface area contributed by atoms with Crippen molar-refractivity contribution < 1.29 is 13.2 Å². The van der Waals surface area contributed by atoms with Crippen LogP contribution in [0.5, 0.6) is 0 Å². The highest BCUT2D eigenvalue weighted by atomic mass is 32.2. The largest absolute Gasteiger partial charge is 0.338 e. The van der Waals surface area contributed by atoms with Crippen molar-refractivity contribution in [2.75, 3.05) is 44.6 Å². The Morgan fingerprint density at radius 1 is 1.07 bits per heavy atom. The Morgan fingerprint density at radius 3 is 2.43 bits per heavy atom. The summed E-state index contributed by atoms with van der Waals surface area (Å²) in [7, 11) is -3.53. The molecule has 168 valence electrons. The van der Waals surface area contributed by atoms with Crippen LogP contribution in [0.4, 0.5) is 10.5 Å². The SMILES string of the molecule is CCCN1CCC(CNC(=O)Nc2cccc(S(=O)(=O)N3CCCCCC3)c2)CC1. The van der Waals surface area contributed by atoms with Gasteiger partial charge in [-0.15, -0.1) is 0 Å². The predicted molar refractivity (Wildman–Crippen MR) is 120 cm³/mol. The Hall–Kier alpha value is -1.64. The molecule has 2 heterocycles. The molecule has 2 saturated heterocycles. The molecule has 0 radical (unpaired) electrons. The highest BCUT2D eigenvalue weighted by molar-refractivity contribution is 7.89. The van der Waals surface area contributed by atoms with E-state index in [1.165, 1.54) is 6.42 Å². The molecule has 30 heavy (non-hydrogen) atoms. The second kappa shape index (κ2) is 11.1. The van der Waals surface area contributed by atoms with Crippen molar-refractivity contribution in [3.8, 4) is 0 Å². The first kappa shape index (κ1) is 23.0. The number of benzene rings is 1. The molecule has 2 N–H and O–H groups in total. The lowest BCUT2D eigenvalue weighted by Gasteiger charge is -2.31. The minimum absolute atomic E-state index is 0.241. The molecule has 0 bridgehead atoms. The van der Waals surface area contributed by atoms with Gasteiger partial charge in [-0.05, 0) is 75.9 Å². The van der Waals surface area contributed by atoms with Gasteiger partial charge in [-0.25, -0.2) is 13.2 Å². The fraction of sp³-hybridized carbons (Fsp3) is 0.682. The van der Waals surface area contributed by atoms with Crippen LogP contribution in [0.15, 0.2) is 29.2 Å². The second-order valence-corrected chi connectivity index (χ2v) is 10.4. The zero-order chi connectivity index (χ0) is 21.4. The summed E-state index contributed by atoms with van der Waals surface area (Å²) in [5.74, 6) is 0.499. The topological polar surface area (TPSA) is 81.8 Å². The van der Waals surface area contributed by atoms with E-state index in [1.54, 1.807) is 28.6 Å². The molecule has 7 nitrogen and oxygen atoms in total. The van der Waals surface area contributed by atoms with Crippen LogP contribution < -0.4 is 10.6 Å². The predicted octanol–water partition coefficient (Wildman–Crippen LogP) is 3.49. The molecule has 1 aromatic carbocycles. The number of likely N-dealkylation sites (tertiary alicyclic amines) is 1. The van der Waals surface area contributed by atoms with Crippen LogP contribution in [0.2, 0.25) is 0 Å². The van der Waals surface area contributed by atoms with E-state index in [0.29, 0.717) is 31.2 Å². The molecular formula is C22H36N4O3S. The van der Waals surface area contributed by atoms with Crippen LogP contribution in [0, 0.1) is 5.92 Å². The summed E-state index contributed by atoms with van der Waals surface area (Å²) in [5.41, 5.74) is 0.501. The van der Waals surface area contributed by atoms with E-state index in [0.717, 1.165) is 58.2 Å². The first-order valence-electron chi connectivity index (χ1n) is 11.4. The average molecular weight is 437 g/mol. The molecule has 0 aromatic heterocycles. The number of piperidine rings is 1. The monoisotopic (exact) mass is 436 g/mol. The van der Waals surface area contributed by atoms with Crippen LogP contribution in [0.3, 0.4) is 0 Å². The number of carbonyl (C=O) groups is 1. The Labute approximate surface area is 181 Å². The normalized spacial score (nSPS) is 19.9. The summed E-state index contributed by atoms with van der Waals surface area (Å²) in [5, 5.41) is 5.74. The van der Waals surface area contributed by atoms with Crippen molar-refractivity contribution in [2.45, 2.75) is 56.8 Å². The van der Waals surface area contributed by atoms with E-state index in [9.17, 15) is 13.2 Å². The van der Waals surface area contributed by atoms with E-state index in [2.05, 4.69) is 22.5 Å². The van der Waals surface area contributed by atoms with Crippen LogP contribution in [0.1, 0.15) is 51.9 Å². The van der Waals surface area contributed by atoms with E-state index >= 15 is 0 Å². The van der Waals surface area contributed by atoms with E-state index in [-0.39, 0.29) is 10.9 Å². The van der Waals surface area contributed by atoms with Gasteiger partial charge in [0.05, 0.1) is 4.90 Å². The molecule has 2 fully saturated rings. The van der Waals surface area contributed by atoms with Crippen LogP contribution in [-0.4, -0.2) is 62.9 Å². The maximum atomic E-state index is 13.0. The number of amides is 2. The Bertz CT molecular complexity index is 783. The van der Waals surface area contributed by atoms with Crippen molar-refractivity contribution >= 4 is 21.7 Å². The third-order valence-electron chi connectivity index (χ3n) is 6.09. The van der Waals surface area contributed by atoms with E-state index < -0.39 is 10.0 Å². The quantitative estimate of drug-likeness (QED) is 0.685. The summed E-state index contributed by atoms with van der Waals surface area (Å²) in [6.07, 6.45) is 7.33. The van der Waals surface area contributed by atoms with Crippen molar-refractivity contribution in [1.29, 1.82) is 0 Å². The zero-order valence-corrected chi connectivity index (χ0v) is 18.9. The van der Waals surface area contributed by atoms with Gasteiger partial charge in [-0.2, -0.15) is 4.31 Å². The summed E-state index contributed by atoms with van der Waals surface area (Å²) in [6.45, 7) is 7.33. The van der Waals surface area contributed by atoms with E-state index in [4.69, 9.17) is 0 Å². The molecular weight excluding hydrogens is 400 g/mol. The number of anilines is 1. The van der Waals surface area contributed by atoms with Crippen molar-refractivity contribution in [1.82, 2.24) is 14.5 Å². The van der Waals surface area contributed by atoms with Gasteiger partial charge >= 0.3 is 6.03 Å². The fourth-order valence-electron chi connectivity index (χ4n) is 4.31. The highest BCUT2D eigenvalue weighted by Crippen LogP contribution is 2.23. The summed E-state index contributed by atoms with van der Waals surface area (Å²) in [6, 6.07) is 6.29. The summed E-state index contributed by atoms with van der Waals surface area (Å²) < 4.78 is 27.5. The van der Waals surface area contributed by atoms with Crippen LogP contribution in [-0.2, 0) is 10.0 Å². The lowest BCUT2D eigenvalue weighted by molar-refractivity contribution is 0.182. The fourth-order valence-corrected chi connectivity index (χ4v) is 5.87. The second-order valence-electron chi connectivity index (χ2n) is 8.47. The molecule has 0 saturated carbocycles. The number of nitrogens with zero attached hydrogens (tertiary/aromatic N) is 2. The molecule has 3 rings (SSSR count). The standard InChI is InChI=1S/C22H36N4O3S/c1-2-12-25-15-10-19(11-16-25)18-23-22(27)24-20-8-7-9-21(17-20)30(28,29)26-13-5-3-4-6-14-26/h7-9,17,19H,2-6,10-16,18H2,1H3,(H2,23,24,27). The van der Waals surface area contributed by atoms with Crippen molar-refractivity contribution in [3.05, 3.63) is 24.3 Å². The lowest BCUT2D eigenvalue weighted by Crippen LogP contribution is -2.40. The molecule has 0 unspecified atom stereocenters. The summed E-state index contributed by atoms with van der Waals surface area (Å²) in [4.78, 5) is 15.1. The third-order valence-corrected chi connectivity index (χ3v) is 7.99. The molecule has 0 atom stereocenters. The average Bonchev–Trinajstić information content (AvgIpc) is 3.04. The maximum absolute atomic E-state index is 13.0. The molecule has 8 heteroatoms. The Morgan fingerprint density at radius 2 is 1.77 bits per heavy atom. The lowest BCUT2D eigenvalue weighted by atomic mass is 9.97. The minimum Gasteiger partial charge on any atom is -0.338 e. The van der Waals surface area contributed by atoms with Gasteiger partial charge in [0.25, 0.3) is 0 Å². The number of hydrogen-bond donors (Lipinski definition) is 2. The van der Waals surface area contributed by atoms with Gasteiger partial charge in [0, 0.05) is 25.3 Å². The van der Waals surface area contributed by atoms with Gasteiger partial charge in [-0.1, -0.05) is 25.8 Å². The minimum atomic E-state index is -3.53. The van der Waals surface area contributed by atoms with Crippen LogP contribution in [0.25, 0.3) is 0 Å². The summed E-state index contributed by atoms with van der Waals surface area (Å²) >= 11 is 0. The van der Waals surface area contributed by atoms with E-state index in [1.807, 2.05) is 0 Å².